The van der Waals surface area contributed by atoms with Crippen molar-refractivity contribution in [1.82, 2.24) is 9.97 Å². The molecule has 0 unspecified atom stereocenters. The quantitative estimate of drug-likeness (QED) is 0.444. The summed E-state index contributed by atoms with van der Waals surface area (Å²) in [6, 6.07) is 4.92. The van der Waals surface area contributed by atoms with Crippen LogP contribution in [0.5, 0.6) is 0 Å². The second kappa shape index (κ2) is 7.91. The molecule has 2 aromatic rings. The van der Waals surface area contributed by atoms with Crippen LogP contribution in [0.15, 0.2) is 24.4 Å². The molecule has 0 bridgehead atoms. The maximum atomic E-state index is 11.0. The Labute approximate surface area is 141 Å². The lowest BCUT2D eigenvalue weighted by molar-refractivity contribution is -0.384. The zero-order chi connectivity index (χ0) is 16.8. The third-order valence-electron chi connectivity index (χ3n) is 2.74. The average Bonchev–Trinajstić information content (AvgIpc) is 2.51. The molecule has 0 aliphatic heterocycles. The molecule has 1 aromatic carbocycles. The van der Waals surface area contributed by atoms with Gasteiger partial charge in [-0.05, 0) is 18.2 Å². The number of aromatic nitrogens is 2. The van der Waals surface area contributed by atoms with Gasteiger partial charge in [0.2, 0.25) is 11.8 Å². The number of benzene rings is 1. The highest BCUT2D eigenvalue weighted by Crippen LogP contribution is 2.27. The summed E-state index contributed by atoms with van der Waals surface area (Å²) >= 11 is 11.8. The third-order valence-corrected chi connectivity index (χ3v) is 3.48. The Hall–Kier alpha value is -2.16. The first-order valence-corrected chi connectivity index (χ1v) is 7.23. The molecule has 2 rings (SSSR count). The summed E-state index contributed by atoms with van der Waals surface area (Å²) in [5.41, 5.74) is 0.386. The van der Waals surface area contributed by atoms with Gasteiger partial charge in [-0.1, -0.05) is 23.2 Å². The van der Waals surface area contributed by atoms with Crippen LogP contribution in [0.2, 0.25) is 10.0 Å². The van der Waals surface area contributed by atoms with Crippen molar-refractivity contribution >= 4 is 46.3 Å². The van der Waals surface area contributed by atoms with Crippen molar-refractivity contribution in [1.29, 1.82) is 0 Å². The van der Waals surface area contributed by atoms with Gasteiger partial charge in [0, 0.05) is 19.3 Å². The molecule has 23 heavy (non-hydrogen) atoms. The predicted octanol–water partition coefficient (Wildman–Crippen LogP) is 3.49. The van der Waals surface area contributed by atoms with Gasteiger partial charge < -0.3 is 15.4 Å². The first-order chi connectivity index (χ1) is 11.0. The summed E-state index contributed by atoms with van der Waals surface area (Å²) in [4.78, 5) is 18.5. The van der Waals surface area contributed by atoms with Crippen LogP contribution in [0.4, 0.5) is 23.1 Å². The fraction of sp³-hybridized carbons (Fsp3) is 0.231. The number of methoxy groups -OCH3 is 1. The van der Waals surface area contributed by atoms with Crippen molar-refractivity contribution in [2.45, 2.75) is 0 Å². The summed E-state index contributed by atoms with van der Waals surface area (Å²) in [5, 5.41) is 17.5. The van der Waals surface area contributed by atoms with Crippen LogP contribution in [0, 0.1) is 10.1 Å². The minimum atomic E-state index is -0.557. The van der Waals surface area contributed by atoms with Gasteiger partial charge in [0.1, 0.15) is 6.20 Å². The number of nitrogens with zero attached hydrogens (tertiary/aromatic N) is 3. The van der Waals surface area contributed by atoms with E-state index >= 15 is 0 Å². The van der Waals surface area contributed by atoms with Crippen LogP contribution in [0.3, 0.4) is 0 Å². The first-order valence-electron chi connectivity index (χ1n) is 6.47. The molecular weight excluding hydrogens is 345 g/mol. The van der Waals surface area contributed by atoms with Crippen LogP contribution in [0.25, 0.3) is 0 Å². The van der Waals surface area contributed by atoms with Gasteiger partial charge in [0.25, 0.3) is 0 Å². The number of rotatable bonds is 7. The first kappa shape index (κ1) is 17.2. The smallest absolute Gasteiger partial charge is 0.329 e. The highest BCUT2D eigenvalue weighted by molar-refractivity contribution is 6.42. The molecule has 0 aliphatic rings. The molecule has 0 aliphatic carbocycles. The van der Waals surface area contributed by atoms with Crippen LogP contribution in [-0.2, 0) is 4.74 Å². The summed E-state index contributed by atoms with van der Waals surface area (Å²) in [5.74, 6) is 0.290. The van der Waals surface area contributed by atoms with Gasteiger partial charge in [-0.2, -0.15) is 4.98 Å². The zero-order valence-corrected chi connectivity index (χ0v) is 13.6. The molecule has 0 saturated carbocycles. The summed E-state index contributed by atoms with van der Waals surface area (Å²) in [6.45, 7) is 0.761. The van der Waals surface area contributed by atoms with Gasteiger partial charge in [-0.3, -0.25) is 10.1 Å². The molecule has 0 atom stereocenters. The number of anilines is 3. The van der Waals surface area contributed by atoms with E-state index in [-0.39, 0.29) is 17.5 Å². The van der Waals surface area contributed by atoms with E-state index in [9.17, 15) is 10.1 Å². The molecule has 1 aromatic heterocycles. The number of nitrogens with one attached hydrogen (secondary N) is 2. The third kappa shape index (κ3) is 4.65. The largest absolute Gasteiger partial charge is 0.383 e. The lowest BCUT2D eigenvalue weighted by Crippen LogP contribution is -2.12. The Bertz CT molecular complexity index is 714. The van der Waals surface area contributed by atoms with E-state index in [0.29, 0.717) is 28.9 Å². The standard InChI is InChI=1S/C13H13Cl2N5O3/c1-23-5-4-16-12-11(20(21)22)7-17-13(19-12)18-8-2-3-9(14)10(15)6-8/h2-3,6-7H,4-5H2,1H3,(H2,16,17,18,19). The maximum absolute atomic E-state index is 11.0. The van der Waals surface area contributed by atoms with E-state index < -0.39 is 4.92 Å². The number of hydrogen-bond donors (Lipinski definition) is 2. The Morgan fingerprint density at radius 1 is 1.35 bits per heavy atom. The Morgan fingerprint density at radius 3 is 2.78 bits per heavy atom. The fourth-order valence-corrected chi connectivity index (χ4v) is 1.97. The van der Waals surface area contributed by atoms with E-state index in [4.69, 9.17) is 27.9 Å². The molecule has 8 nitrogen and oxygen atoms in total. The number of halogens is 2. The van der Waals surface area contributed by atoms with Crippen molar-refractivity contribution < 1.29 is 9.66 Å². The lowest BCUT2D eigenvalue weighted by Gasteiger charge is -2.09. The van der Waals surface area contributed by atoms with E-state index in [2.05, 4.69) is 20.6 Å². The van der Waals surface area contributed by atoms with Crippen LogP contribution < -0.4 is 10.6 Å². The molecule has 1 heterocycles. The molecule has 122 valence electrons. The Kier molecular flexibility index (Phi) is 5.91. The molecular formula is C13H13Cl2N5O3. The van der Waals surface area contributed by atoms with Crippen molar-refractivity contribution in [3.63, 3.8) is 0 Å². The topological polar surface area (TPSA) is 102 Å². The van der Waals surface area contributed by atoms with Crippen LogP contribution in [-0.4, -0.2) is 35.2 Å². The molecule has 0 spiro atoms. The zero-order valence-electron chi connectivity index (χ0n) is 12.0. The second-order valence-electron chi connectivity index (χ2n) is 4.36. The number of ether oxygens (including phenoxy) is 1. The second-order valence-corrected chi connectivity index (χ2v) is 5.17. The van der Waals surface area contributed by atoms with Crippen LogP contribution in [0.1, 0.15) is 0 Å². The van der Waals surface area contributed by atoms with Gasteiger partial charge in [0.05, 0.1) is 21.6 Å². The number of nitro groups is 1. The Balaban J connectivity index is 2.23. The van der Waals surface area contributed by atoms with E-state index in [1.54, 1.807) is 18.2 Å². The lowest BCUT2D eigenvalue weighted by atomic mass is 10.3. The van der Waals surface area contributed by atoms with Crippen molar-refractivity contribution in [3.8, 4) is 0 Å². The average molecular weight is 358 g/mol. The molecule has 0 radical (unpaired) electrons. The normalized spacial score (nSPS) is 10.4. The fourth-order valence-electron chi connectivity index (χ4n) is 1.67. The summed E-state index contributed by atoms with van der Waals surface area (Å²) in [6.07, 6.45) is 1.13. The van der Waals surface area contributed by atoms with Crippen molar-refractivity contribution in [3.05, 3.63) is 44.6 Å². The van der Waals surface area contributed by atoms with Gasteiger partial charge >= 0.3 is 5.69 Å². The minimum Gasteiger partial charge on any atom is -0.383 e. The molecule has 10 heteroatoms. The van der Waals surface area contributed by atoms with Gasteiger partial charge in [-0.25, -0.2) is 4.98 Å². The minimum absolute atomic E-state index is 0.101. The van der Waals surface area contributed by atoms with Crippen molar-refractivity contribution in [2.75, 3.05) is 30.9 Å². The molecule has 2 N–H and O–H groups in total. The highest BCUT2D eigenvalue weighted by Gasteiger charge is 2.17. The van der Waals surface area contributed by atoms with Crippen molar-refractivity contribution in [2.24, 2.45) is 0 Å². The highest BCUT2D eigenvalue weighted by atomic mass is 35.5. The molecule has 0 fully saturated rings. The number of hydrogen-bond acceptors (Lipinski definition) is 7. The SMILES string of the molecule is COCCNc1nc(Nc2ccc(Cl)c(Cl)c2)ncc1[N+](=O)[O-]. The monoisotopic (exact) mass is 357 g/mol. The van der Waals surface area contributed by atoms with E-state index in [1.807, 2.05) is 0 Å². The molecule has 0 saturated heterocycles. The van der Waals surface area contributed by atoms with Gasteiger partial charge in [0.15, 0.2) is 0 Å². The van der Waals surface area contributed by atoms with Gasteiger partial charge in [-0.15, -0.1) is 0 Å². The summed E-state index contributed by atoms with van der Waals surface area (Å²) < 4.78 is 4.90. The van der Waals surface area contributed by atoms with E-state index in [0.717, 1.165) is 6.20 Å². The molecule has 0 amide bonds. The van der Waals surface area contributed by atoms with E-state index in [1.165, 1.54) is 7.11 Å². The predicted molar refractivity (Wildman–Crippen MR) is 88.8 cm³/mol. The maximum Gasteiger partial charge on any atom is 0.329 e. The van der Waals surface area contributed by atoms with Crippen LogP contribution >= 0.6 is 23.2 Å². The summed E-state index contributed by atoms with van der Waals surface area (Å²) in [7, 11) is 1.54. The Morgan fingerprint density at radius 2 is 2.13 bits per heavy atom.